The zero-order valence-electron chi connectivity index (χ0n) is 18.5. The van der Waals surface area contributed by atoms with Crippen LogP contribution in [0.4, 0.5) is 9.18 Å². The molecule has 0 bridgehead atoms. The fourth-order valence-electron chi connectivity index (χ4n) is 3.98. The maximum atomic E-state index is 14.2. The van der Waals surface area contributed by atoms with Gasteiger partial charge in [0.05, 0.1) is 18.4 Å². The highest BCUT2D eigenvalue weighted by molar-refractivity contribution is 7.89. The first-order valence-electron chi connectivity index (χ1n) is 11.5. The number of nitrogens with zero attached hydrogens (tertiary/aromatic N) is 1. The highest BCUT2D eigenvalue weighted by atomic mass is 32.2. The van der Waals surface area contributed by atoms with Gasteiger partial charge in [-0.15, -0.1) is 0 Å². The Morgan fingerprint density at radius 3 is 2.61 bits per heavy atom. The van der Waals surface area contributed by atoms with Gasteiger partial charge in [-0.3, -0.25) is 10.1 Å². The third-order valence-corrected chi connectivity index (χ3v) is 7.70. The van der Waals surface area contributed by atoms with E-state index in [1.54, 1.807) is 12.1 Å². The van der Waals surface area contributed by atoms with Gasteiger partial charge >= 0.3 is 6.03 Å². The summed E-state index contributed by atoms with van der Waals surface area (Å²) in [6.45, 7) is 1.76. The smallest absolute Gasteiger partial charge is 0.324 e. The normalized spacial score (nSPS) is 21.6. The van der Waals surface area contributed by atoms with Crippen LogP contribution in [0.15, 0.2) is 18.2 Å². The van der Waals surface area contributed by atoms with E-state index >= 15 is 0 Å². The Labute approximate surface area is 193 Å². The molecule has 1 aromatic rings. The van der Waals surface area contributed by atoms with Crippen LogP contribution < -0.4 is 20.1 Å². The van der Waals surface area contributed by atoms with E-state index in [9.17, 15) is 22.4 Å². The molecule has 0 radical (unpaired) electrons. The lowest BCUT2D eigenvalue weighted by atomic mass is 9.93. The number of rotatable bonds is 13. The van der Waals surface area contributed by atoms with E-state index in [0.29, 0.717) is 43.9 Å². The van der Waals surface area contributed by atoms with Crippen molar-refractivity contribution in [2.75, 3.05) is 32.0 Å². The van der Waals surface area contributed by atoms with E-state index in [-0.39, 0.29) is 30.0 Å². The number of ether oxygens (including phenoxy) is 1. The van der Waals surface area contributed by atoms with Crippen LogP contribution in [-0.4, -0.2) is 63.3 Å². The fraction of sp³-hybridized carbons (Fsp3) is 0.636. The van der Waals surface area contributed by atoms with Crippen molar-refractivity contribution >= 4 is 22.0 Å². The third kappa shape index (κ3) is 6.64. The van der Waals surface area contributed by atoms with Crippen molar-refractivity contribution in [2.24, 2.45) is 5.92 Å². The van der Waals surface area contributed by atoms with Crippen molar-refractivity contribution in [2.45, 2.75) is 50.6 Å². The summed E-state index contributed by atoms with van der Waals surface area (Å²) in [7, 11) is -3.58. The quantitative estimate of drug-likeness (QED) is 0.291. The molecule has 1 saturated carbocycles. The molecule has 3 fully saturated rings. The van der Waals surface area contributed by atoms with Crippen molar-refractivity contribution in [3.8, 4) is 5.75 Å². The summed E-state index contributed by atoms with van der Waals surface area (Å²) < 4.78 is 48.2. The molecular weight excluding hydrogens is 451 g/mol. The summed E-state index contributed by atoms with van der Waals surface area (Å²) in [4.78, 5) is 24.2. The van der Waals surface area contributed by atoms with Gasteiger partial charge in [0.25, 0.3) is 0 Å². The third-order valence-electron chi connectivity index (χ3n) is 6.27. The Hall–Kier alpha value is -2.24. The molecule has 11 heteroatoms. The standard InChI is InChI=1S/C22H31FN4O5S/c23-17-7-6-16(12-19(17)32-14-15-4-5-15)21(18-8-9-24-18)26-33(30,31)11-3-1-2-10-27-13-20(28)25-22(27)29/h6-7,12,15,18,21,24,26H,1-5,8-11,13-14H2,(H,25,28,29)/t18?,21-/m0/s1. The average Bonchev–Trinajstić information content (AvgIpc) is 3.49. The minimum absolute atomic E-state index is 0.0480. The first-order valence-corrected chi connectivity index (χ1v) is 13.2. The largest absolute Gasteiger partial charge is 0.490 e. The second-order valence-corrected chi connectivity index (χ2v) is 10.9. The Morgan fingerprint density at radius 1 is 1.18 bits per heavy atom. The Bertz CT molecular complexity index is 981. The number of hydrogen-bond donors (Lipinski definition) is 3. The van der Waals surface area contributed by atoms with Crippen LogP contribution in [0.2, 0.25) is 0 Å². The summed E-state index contributed by atoms with van der Waals surface area (Å²) in [6.07, 6.45) is 4.67. The SMILES string of the molecule is O=C1CN(CCCCCS(=O)(=O)N[C@@H](c2ccc(F)c(OCC3CC3)c2)C2CCN2)C(=O)N1. The van der Waals surface area contributed by atoms with Crippen LogP contribution in [0.25, 0.3) is 0 Å². The summed E-state index contributed by atoms with van der Waals surface area (Å²) >= 11 is 0. The van der Waals surface area contributed by atoms with Crippen LogP contribution >= 0.6 is 0 Å². The predicted octanol–water partition coefficient (Wildman–Crippen LogP) is 1.66. The zero-order valence-corrected chi connectivity index (χ0v) is 19.3. The van der Waals surface area contributed by atoms with Gasteiger partial charge in [0.15, 0.2) is 11.6 Å². The van der Waals surface area contributed by atoms with Crippen molar-refractivity contribution in [3.63, 3.8) is 0 Å². The molecule has 2 atom stereocenters. The number of halogens is 1. The molecule has 0 aromatic heterocycles. The molecule has 2 aliphatic heterocycles. The van der Waals surface area contributed by atoms with Gasteiger partial charge in [0.2, 0.25) is 15.9 Å². The number of imide groups is 1. The molecule has 33 heavy (non-hydrogen) atoms. The van der Waals surface area contributed by atoms with Crippen LogP contribution in [0.5, 0.6) is 5.75 Å². The van der Waals surface area contributed by atoms with Gasteiger partial charge in [-0.2, -0.15) is 0 Å². The molecule has 3 aliphatic rings. The van der Waals surface area contributed by atoms with Crippen LogP contribution in [0.1, 0.15) is 50.1 Å². The van der Waals surface area contributed by atoms with Crippen molar-refractivity contribution < 1.29 is 27.1 Å². The second kappa shape index (κ2) is 10.4. The first kappa shape index (κ1) is 23.9. The predicted molar refractivity (Wildman–Crippen MR) is 120 cm³/mol. The van der Waals surface area contributed by atoms with Crippen LogP contribution in [-0.2, 0) is 14.8 Å². The van der Waals surface area contributed by atoms with Gasteiger partial charge in [-0.05, 0) is 62.3 Å². The average molecular weight is 483 g/mol. The van der Waals surface area contributed by atoms with Gasteiger partial charge in [0, 0.05) is 12.6 Å². The number of amides is 3. The summed E-state index contributed by atoms with van der Waals surface area (Å²) in [5, 5.41) is 5.46. The maximum absolute atomic E-state index is 14.2. The molecule has 1 unspecified atom stereocenters. The summed E-state index contributed by atoms with van der Waals surface area (Å²) in [5.41, 5.74) is 0.674. The summed E-state index contributed by atoms with van der Waals surface area (Å²) in [5.74, 6) is -0.170. The van der Waals surface area contributed by atoms with Gasteiger partial charge in [0.1, 0.15) is 6.54 Å². The molecule has 3 N–H and O–H groups in total. The number of urea groups is 1. The van der Waals surface area contributed by atoms with E-state index in [0.717, 1.165) is 25.8 Å². The van der Waals surface area contributed by atoms with Crippen LogP contribution in [0.3, 0.4) is 0 Å². The molecule has 1 aliphatic carbocycles. The van der Waals surface area contributed by atoms with E-state index in [1.807, 2.05) is 0 Å². The van der Waals surface area contributed by atoms with E-state index in [2.05, 4.69) is 15.4 Å². The Balaban J connectivity index is 1.30. The topological polar surface area (TPSA) is 117 Å². The number of nitrogens with one attached hydrogen (secondary N) is 3. The number of sulfonamides is 1. The molecule has 2 saturated heterocycles. The van der Waals surface area contributed by atoms with Crippen molar-refractivity contribution in [3.05, 3.63) is 29.6 Å². The molecule has 4 rings (SSSR count). The molecule has 3 amide bonds. The van der Waals surface area contributed by atoms with Gasteiger partial charge in [-0.25, -0.2) is 22.3 Å². The lowest BCUT2D eigenvalue weighted by Crippen LogP contribution is -2.52. The monoisotopic (exact) mass is 482 g/mol. The highest BCUT2D eigenvalue weighted by Crippen LogP contribution is 2.32. The van der Waals surface area contributed by atoms with E-state index in [4.69, 9.17) is 4.74 Å². The fourth-order valence-corrected chi connectivity index (χ4v) is 5.37. The molecule has 182 valence electrons. The van der Waals surface area contributed by atoms with E-state index < -0.39 is 27.9 Å². The Kier molecular flexibility index (Phi) is 7.50. The lowest BCUT2D eigenvalue weighted by molar-refractivity contribution is -0.118. The van der Waals surface area contributed by atoms with E-state index in [1.165, 1.54) is 11.0 Å². The number of benzene rings is 1. The summed E-state index contributed by atoms with van der Waals surface area (Å²) in [6, 6.07) is 3.57. The van der Waals surface area contributed by atoms with Crippen molar-refractivity contribution in [1.29, 1.82) is 0 Å². The highest BCUT2D eigenvalue weighted by Gasteiger charge is 2.32. The second-order valence-electron chi connectivity index (χ2n) is 9.04. The van der Waals surface area contributed by atoms with Gasteiger partial charge < -0.3 is 15.0 Å². The molecule has 1 aromatic carbocycles. The molecule has 9 nitrogen and oxygen atoms in total. The number of carbonyl (C=O) groups is 2. The minimum atomic E-state index is -3.58. The molecular formula is C22H31FN4O5S. The lowest BCUT2D eigenvalue weighted by Gasteiger charge is -2.36. The Morgan fingerprint density at radius 2 is 1.97 bits per heavy atom. The zero-order chi connectivity index (χ0) is 23.4. The number of hydrogen-bond acceptors (Lipinski definition) is 6. The number of unbranched alkanes of at least 4 members (excludes halogenated alkanes) is 2. The first-order chi connectivity index (χ1) is 15.8. The minimum Gasteiger partial charge on any atom is -0.490 e. The van der Waals surface area contributed by atoms with Crippen LogP contribution in [0, 0.1) is 11.7 Å². The maximum Gasteiger partial charge on any atom is 0.324 e. The number of carbonyl (C=O) groups excluding carboxylic acids is 2. The van der Waals surface area contributed by atoms with Crippen molar-refractivity contribution in [1.82, 2.24) is 20.3 Å². The van der Waals surface area contributed by atoms with Gasteiger partial charge in [-0.1, -0.05) is 12.5 Å². The molecule has 2 heterocycles. The molecule has 0 spiro atoms.